The molecular formula is C8H17NO7. The zero-order chi connectivity index (χ0) is 11.6. The number of carboxylic acids is 1. The van der Waals surface area contributed by atoms with Crippen molar-refractivity contribution in [1.82, 2.24) is 6.15 Å². The van der Waals surface area contributed by atoms with Gasteiger partial charge in [-0.2, -0.15) is 0 Å². The van der Waals surface area contributed by atoms with Gasteiger partial charge in [0.05, 0.1) is 12.7 Å². The third kappa shape index (κ3) is 3.11. The molecule has 8 heteroatoms. The standard InChI is InChI=1S/C8H14O7.H3N/c9-2-4(11)7-6(12)3(10)1-5(15-7)8(13)14;/h3-7,9-12H,1-2H2,(H,13,14);1H3/t3-,4-,5+,6-,7-;/m1./s1. The van der Waals surface area contributed by atoms with E-state index in [1.54, 1.807) is 0 Å². The maximum absolute atomic E-state index is 10.6. The highest BCUT2D eigenvalue weighted by atomic mass is 16.6. The molecule has 0 bridgehead atoms. The predicted molar refractivity (Wildman–Crippen MR) is 51.0 cm³/mol. The van der Waals surface area contributed by atoms with E-state index in [1.807, 2.05) is 0 Å². The third-order valence-electron chi connectivity index (χ3n) is 2.35. The van der Waals surface area contributed by atoms with E-state index in [-0.39, 0.29) is 12.6 Å². The van der Waals surface area contributed by atoms with Crippen molar-refractivity contribution in [1.29, 1.82) is 0 Å². The number of aliphatic hydroxyl groups excluding tert-OH is 4. The second kappa shape index (κ2) is 6.09. The molecule has 1 fully saturated rings. The van der Waals surface area contributed by atoms with Crippen LogP contribution in [0.25, 0.3) is 0 Å². The molecule has 0 spiro atoms. The highest BCUT2D eigenvalue weighted by molar-refractivity contribution is 5.72. The first-order chi connectivity index (χ1) is 6.97. The van der Waals surface area contributed by atoms with Crippen LogP contribution in [0.15, 0.2) is 0 Å². The molecule has 1 aliphatic heterocycles. The summed E-state index contributed by atoms with van der Waals surface area (Å²) in [6.07, 6.45) is -6.93. The lowest BCUT2D eigenvalue weighted by Gasteiger charge is -2.37. The summed E-state index contributed by atoms with van der Waals surface area (Å²) in [5.74, 6) is -1.28. The lowest BCUT2D eigenvalue weighted by atomic mass is 9.95. The molecule has 1 heterocycles. The summed E-state index contributed by atoms with van der Waals surface area (Å²) in [5.41, 5.74) is 0. The van der Waals surface area contributed by atoms with E-state index >= 15 is 0 Å². The van der Waals surface area contributed by atoms with Crippen LogP contribution in [0.2, 0.25) is 0 Å². The first-order valence-electron chi connectivity index (χ1n) is 4.50. The average molecular weight is 239 g/mol. The number of carbonyl (C=O) groups is 1. The lowest BCUT2D eigenvalue weighted by molar-refractivity contribution is -0.212. The van der Waals surface area contributed by atoms with Crippen LogP contribution in [0.5, 0.6) is 0 Å². The Kier molecular flexibility index (Phi) is 5.79. The van der Waals surface area contributed by atoms with Gasteiger partial charge in [-0.25, -0.2) is 4.79 Å². The lowest BCUT2D eigenvalue weighted by Crippen LogP contribution is -2.55. The summed E-state index contributed by atoms with van der Waals surface area (Å²) in [4.78, 5) is 10.6. The van der Waals surface area contributed by atoms with Crippen LogP contribution < -0.4 is 6.15 Å². The molecule has 5 atom stereocenters. The van der Waals surface area contributed by atoms with Crippen molar-refractivity contribution < 1.29 is 35.1 Å². The molecular weight excluding hydrogens is 222 g/mol. The molecule has 96 valence electrons. The molecule has 1 rings (SSSR count). The molecule has 0 radical (unpaired) electrons. The molecule has 8 nitrogen and oxygen atoms in total. The molecule has 1 saturated heterocycles. The van der Waals surface area contributed by atoms with Crippen LogP contribution >= 0.6 is 0 Å². The molecule has 8 N–H and O–H groups in total. The minimum absolute atomic E-state index is 0. The number of ether oxygens (including phenoxy) is 1. The zero-order valence-electron chi connectivity index (χ0n) is 8.56. The minimum atomic E-state index is -1.42. The maximum Gasteiger partial charge on any atom is 0.332 e. The maximum atomic E-state index is 10.6. The van der Waals surface area contributed by atoms with Crippen LogP contribution in [0.1, 0.15) is 6.42 Å². The predicted octanol–water partition coefficient (Wildman–Crippen LogP) is -2.53. The van der Waals surface area contributed by atoms with E-state index in [2.05, 4.69) is 0 Å². The molecule has 1 aliphatic rings. The fourth-order valence-corrected chi connectivity index (χ4v) is 1.48. The second-order valence-electron chi connectivity index (χ2n) is 3.47. The highest BCUT2D eigenvalue weighted by Gasteiger charge is 2.42. The number of aliphatic hydroxyl groups is 4. The van der Waals surface area contributed by atoms with Crippen molar-refractivity contribution in [2.45, 2.75) is 36.9 Å². The number of rotatable bonds is 3. The van der Waals surface area contributed by atoms with Gasteiger partial charge in [0.2, 0.25) is 0 Å². The topological polar surface area (TPSA) is 162 Å². The van der Waals surface area contributed by atoms with Crippen molar-refractivity contribution in [3.63, 3.8) is 0 Å². The highest BCUT2D eigenvalue weighted by Crippen LogP contribution is 2.22. The van der Waals surface area contributed by atoms with Crippen LogP contribution in [0, 0.1) is 0 Å². The largest absolute Gasteiger partial charge is 0.479 e. The van der Waals surface area contributed by atoms with Gasteiger partial charge in [0.25, 0.3) is 0 Å². The SMILES string of the molecule is N.O=C(O)[C@@H]1C[C@@H](O)[C@@H](O)[C@@H]([C@H](O)CO)O1. The van der Waals surface area contributed by atoms with Crippen molar-refractivity contribution in [2.75, 3.05) is 6.61 Å². The van der Waals surface area contributed by atoms with E-state index < -0.39 is 43.1 Å². The van der Waals surface area contributed by atoms with E-state index in [0.717, 1.165) is 0 Å². The number of carboxylic acid groups (broad SMARTS) is 1. The van der Waals surface area contributed by atoms with Gasteiger partial charge >= 0.3 is 5.97 Å². The molecule has 0 aromatic heterocycles. The Hall–Kier alpha value is -0.770. The number of hydrogen-bond acceptors (Lipinski definition) is 7. The molecule has 0 aromatic rings. The summed E-state index contributed by atoms with van der Waals surface area (Å²) < 4.78 is 4.86. The summed E-state index contributed by atoms with van der Waals surface area (Å²) in [5, 5.41) is 45.3. The van der Waals surface area contributed by atoms with Crippen LogP contribution in [-0.2, 0) is 9.53 Å². The molecule has 0 unspecified atom stereocenters. The van der Waals surface area contributed by atoms with Crippen molar-refractivity contribution >= 4 is 5.97 Å². The van der Waals surface area contributed by atoms with Crippen LogP contribution in [0.4, 0.5) is 0 Å². The van der Waals surface area contributed by atoms with Crippen LogP contribution in [-0.4, -0.2) is 68.6 Å². The van der Waals surface area contributed by atoms with Crippen molar-refractivity contribution in [3.05, 3.63) is 0 Å². The Morgan fingerprint density at radius 3 is 2.44 bits per heavy atom. The molecule has 0 saturated carbocycles. The van der Waals surface area contributed by atoms with Gasteiger partial charge in [-0.1, -0.05) is 0 Å². The monoisotopic (exact) mass is 239 g/mol. The average Bonchev–Trinajstić information content (AvgIpc) is 2.20. The Bertz CT molecular complexity index is 236. The number of hydrogen-bond donors (Lipinski definition) is 6. The Morgan fingerprint density at radius 1 is 1.44 bits per heavy atom. The number of aliphatic carboxylic acids is 1. The van der Waals surface area contributed by atoms with Crippen molar-refractivity contribution in [2.24, 2.45) is 0 Å². The van der Waals surface area contributed by atoms with Gasteiger partial charge in [0, 0.05) is 6.42 Å². The van der Waals surface area contributed by atoms with Gasteiger partial charge in [0.1, 0.15) is 18.3 Å². The summed E-state index contributed by atoms with van der Waals surface area (Å²) >= 11 is 0. The minimum Gasteiger partial charge on any atom is -0.479 e. The van der Waals surface area contributed by atoms with E-state index in [1.165, 1.54) is 0 Å². The second-order valence-corrected chi connectivity index (χ2v) is 3.47. The van der Waals surface area contributed by atoms with Gasteiger partial charge in [-0.3, -0.25) is 0 Å². The normalized spacial score (nSPS) is 36.2. The Morgan fingerprint density at radius 2 is 2.00 bits per heavy atom. The Balaban J connectivity index is 0.00000225. The first kappa shape index (κ1) is 15.2. The van der Waals surface area contributed by atoms with E-state index in [9.17, 15) is 20.1 Å². The van der Waals surface area contributed by atoms with Crippen LogP contribution in [0.3, 0.4) is 0 Å². The van der Waals surface area contributed by atoms with Gasteiger partial charge < -0.3 is 36.4 Å². The smallest absolute Gasteiger partial charge is 0.332 e. The summed E-state index contributed by atoms with van der Waals surface area (Å²) in [7, 11) is 0. The molecule has 0 aliphatic carbocycles. The zero-order valence-corrected chi connectivity index (χ0v) is 8.56. The molecule has 0 aromatic carbocycles. The first-order valence-corrected chi connectivity index (χ1v) is 4.50. The van der Waals surface area contributed by atoms with E-state index in [4.69, 9.17) is 14.9 Å². The Labute approximate surface area is 91.7 Å². The van der Waals surface area contributed by atoms with E-state index in [0.29, 0.717) is 0 Å². The quantitative estimate of drug-likeness (QED) is 0.314. The van der Waals surface area contributed by atoms with Gasteiger partial charge in [0.15, 0.2) is 6.10 Å². The van der Waals surface area contributed by atoms with Gasteiger partial charge in [-0.05, 0) is 0 Å². The summed E-state index contributed by atoms with van der Waals surface area (Å²) in [6.45, 7) is -0.680. The summed E-state index contributed by atoms with van der Waals surface area (Å²) in [6, 6.07) is 0. The van der Waals surface area contributed by atoms with Crippen molar-refractivity contribution in [3.8, 4) is 0 Å². The molecule has 0 amide bonds. The molecule has 16 heavy (non-hydrogen) atoms. The third-order valence-corrected chi connectivity index (χ3v) is 2.35. The van der Waals surface area contributed by atoms with Gasteiger partial charge in [-0.15, -0.1) is 0 Å². The fourth-order valence-electron chi connectivity index (χ4n) is 1.48. The fraction of sp³-hybridized carbons (Fsp3) is 0.875.